The van der Waals surface area contributed by atoms with Crippen LogP contribution in [-0.4, -0.2) is 30.3 Å². The Kier molecular flexibility index (Phi) is 9.90. The van der Waals surface area contributed by atoms with Crippen LogP contribution in [0, 0.1) is 5.92 Å². The van der Waals surface area contributed by atoms with E-state index in [0.29, 0.717) is 24.3 Å². The largest absolute Gasteiger partial charge is 0.466 e. The topological polar surface area (TPSA) is 114 Å². The average molecular weight is 440 g/mol. The van der Waals surface area contributed by atoms with Crippen LogP contribution in [0.5, 0.6) is 0 Å². The second-order valence-electron chi connectivity index (χ2n) is 7.53. The maximum absolute atomic E-state index is 12.1. The Bertz CT molecular complexity index is 911. The van der Waals surface area contributed by atoms with Crippen LogP contribution in [-0.2, 0) is 25.5 Å². The van der Waals surface area contributed by atoms with Crippen molar-refractivity contribution in [3.8, 4) is 0 Å². The van der Waals surface area contributed by atoms with Gasteiger partial charge < -0.3 is 10.1 Å². The Morgan fingerprint density at radius 1 is 0.875 bits per heavy atom. The Hall–Kier alpha value is -3.68. The quantitative estimate of drug-likeness (QED) is 0.299. The molecule has 0 aliphatic carbocycles. The monoisotopic (exact) mass is 439 g/mol. The Labute approximate surface area is 187 Å². The molecule has 0 heterocycles. The number of carbonyl (C=O) groups excluding carboxylic acids is 4. The number of benzene rings is 2. The molecule has 2 rings (SSSR count). The molecule has 0 unspecified atom stereocenters. The van der Waals surface area contributed by atoms with Crippen LogP contribution in [0.25, 0.3) is 0 Å². The summed E-state index contributed by atoms with van der Waals surface area (Å²) in [5.41, 5.74) is 6.63. The highest BCUT2D eigenvalue weighted by molar-refractivity contribution is 5.97. The van der Waals surface area contributed by atoms with Gasteiger partial charge in [-0.25, -0.2) is 0 Å². The molecule has 8 heteroatoms. The van der Waals surface area contributed by atoms with Crippen LogP contribution < -0.4 is 16.2 Å². The zero-order chi connectivity index (χ0) is 23.3. The third-order valence-corrected chi connectivity index (χ3v) is 4.53. The van der Waals surface area contributed by atoms with Crippen molar-refractivity contribution >= 4 is 29.4 Å². The molecule has 3 N–H and O–H groups in total. The molecule has 170 valence electrons. The third kappa shape index (κ3) is 8.99. The van der Waals surface area contributed by atoms with E-state index in [2.05, 4.69) is 16.2 Å². The molecule has 2 aromatic carbocycles. The van der Waals surface area contributed by atoms with E-state index in [-0.39, 0.29) is 24.7 Å². The zero-order valence-electron chi connectivity index (χ0n) is 18.4. The van der Waals surface area contributed by atoms with Crippen molar-refractivity contribution in [3.63, 3.8) is 0 Å². The molecule has 0 atom stereocenters. The molecule has 0 aromatic heterocycles. The normalized spacial score (nSPS) is 10.3. The van der Waals surface area contributed by atoms with Gasteiger partial charge in [0.15, 0.2) is 0 Å². The third-order valence-electron chi connectivity index (χ3n) is 4.53. The average Bonchev–Trinajstić information content (AvgIpc) is 2.80. The van der Waals surface area contributed by atoms with Crippen LogP contribution in [0.1, 0.15) is 49.0 Å². The van der Waals surface area contributed by atoms with Crippen molar-refractivity contribution < 1.29 is 23.9 Å². The summed E-state index contributed by atoms with van der Waals surface area (Å²) in [5.74, 6) is -1.74. The fraction of sp³-hybridized carbons (Fsp3) is 0.333. The molecule has 32 heavy (non-hydrogen) atoms. The van der Waals surface area contributed by atoms with Gasteiger partial charge in [0.1, 0.15) is 0 Å². The number of amides is 3. The maximum Gasteiger partial charge on any atom is 0.306 e. The first-order valence-corrected chi connectivity index (χ1v) is 10.5. The van der Waals surface area contributed by atoms with E-state index in [1.807, 2.05) is 30.3 Å². The maximum atomic E-state index is 12.1. The summed E-state index contributed by atoms with van der Waals surface area (Å²) >= 11 is 0. The summed E-state index contributed by atoms with van der Waals surface area (Å²) in [7, 11) is 0. The molecule has 8 nitrogen and oxygen atoms in total. The number of ether oxygens (including phenoxy) is 1. The lowest BCUT2D eigenvalue weighted by Crippen LogP contribution is -2.41. The summed E-state index contributed by atoms with van der Waals surface area (Å²) in [6, 6.07) is 16.2. The number of hydrogen-bond donors (Lipinski definition) is 3. The minimum atomic E-state index is -0.511. The number of nitrogens with one attached hydrogen (secondary N) is 3. The lowest BCUT2D eigenvalue weighted by atomic mass is 10.1. The van der Waals surface area contributed by atoms with Crippen LogP contribution >= 0.6 is 0 Å². The molecule has 2 aromatic rings. The lowest BCUT2D eigenvalue weighted by molar-refractivity contribution is -0.145. The SMILES string of the molecule is CC(C)C(=O)Nc1ccc(C(=O)NNC(=O)CCC(=O)OCCCc2ccccc2)cc1. The van der Waals surface area contributed by atoms with Crippen molar-refractivity contribution in [3.05, 3.63) is 65.7 Å². The molecule has 0 saturated heterocycles. The number of hydrogen-bond acceptors (Lipinski definition) is 5. The van der Waals surface area contributed by atoms with Gasteiger partial charge in [-0.2, -0.15) is 0 Å². The van der Waals surface area contributed by atoms with E-state index < -0.39 is 17.8 Å². The first-order chi connectivity index (χ1) is 15.3. The van der Waals surface area contributed by atoms with Crippen molar-refractivity contribution in [2.24, 2.45) is 5.92 Å². The second-order valence-corrected chi connectivity index (χ2v) is 7.53. The van der Waals surface area contributed by atoms with E-state index in [9.17, 15) is 19.2 Å². The first-order valence-electron chi connectivity index (χ1n) is 10.5. The van der Waals surface area contributed by atoms with Crippen molar-refractivity contribution in [2.45, 2.75) is 39.5 Å². The van der Waals surface area contributed by atoms with E-state index >= 15 is 0 Å². The second kappa shape index (κ2) is 12.9. The molecular weight excluding hydrogens is 410 g/mol. The highest BCUT2D eigenvalue weighted by Gasteiger charge is 2.11. The molecule has 0 spiro atoms. The number of hydrazine groups is 1. The zero-order valence-corrected chi connectivity index (χ0v) is 18.4. The number of anilines is 1. The van der Waals surface area contributed by atoms with Gasteiger partial charge >= 0.3 is 5.97 Å². The van der Waals surface area contributed by atoms with Crippen LogP contribution in [0.4, 0.5) is 5.69 Å². The number of rotatable bonds is 10. The van der Waals surface area contributed by atoms with Gasteiger partial charge in [-0.05, 0) is 42.7 Å². The minimum Gasteiger partial charge on any atom is -0.466 e. The summed E-state index contributed by atoms with van der Waals surface area (Å²) in [4.78, 5) is 47.4. The van der Waals surface area contributed by atoms with Gasteiger partial charge in [-0.1, -0.05) is 44.2 Å². The van der Waals surface area contributed by atoms with Gasteiger partial charge in [-0.3, -0.25) is 30.0 Å². The van der Waals surface area contributed by atoms with Crippen LogP contribution in [0.2, 0.25) is 0 Å². The fourth-order valence-corrected chi connectivity index (χ4v) is 2.65. The number of aryl methyl sites for hydroxylation is 1. The van der Waals surface area contributed by atoms with Gasteiger partial charge in [-0.15, -0.1) is 0 Å². The predicted octanol–water partition coefficient (Wildman–Crippen LogP) is 3.00. The van der Waals surface area contributed by atoms with Gasteiger partial charge in [0, 0.05) is 23.6 Å². The van der Waals surface area contributed by atoms with E-state index in [4.69, 9.17) is 4.74 Å². The Morgan fingerprint density at radius 2 is 1.56 bits per heavy atom. The lowest BCUT2D eigenvalue weighted by Gasteiger charge is -2.10. The molecule has 3 amide bonds. The Morgan fingerprint density at radius 3 is 2.22 bits per heavy atom. The molecule has 0 aliphatic heterocycles. The first kappa shape index (κ1) is 24.6. The molecule has 0 radical (unpaired) electrons. The molecular formula is C24H29N3O5. The summed E-state index contributed by atoms with van der Waals surface area (Å²) in [5, 5.41) is 2.73. The molecule has 0 bridgehead atoms. The molecule has 0 saturated carbocycles. The van der Waals surface area contributed by atoms with Crippen molar-refractivity contribution in [1.29, 1.82) is 0 Å². The molecule has 0 fully saturated rings. The molecule has 0 aliphatic rings. The Balaban J connectivity index is 1.62. The van der Waals surface area contributed by atoms with E-state index in [1.165, 1.54) is 17.7 Å². The van der Waals surface area contributed by atoms with E-state index in [1.54, 1.807) is 26.0 Å². The summed E-state index contributed by atoms with van der Waals surface area (Å²) in [6.45, 7) is 3.86. The smallest absolute Gasteiger partial charge is 0.306 e. The highest BCUT2D eigenvalue weighted by Crippen LogP contribution is 2.11. The standard InChI is InChI=1S/C24H29N3O5/c1-17(2)23(30)25-20-12-10-19(11-13-20)24(31)27-26-21(28)14-15-22(29)32-16-6-9-18-7-4-3-5-8-18/h3-5,7-8,10-13,17H,6,9,14-16H2,1-2H3,(H,25,30)(H,26,28)(H,27,31). The van der Waals surface area contributed by atoms with Gasteiger partial charge in [0.05, 0.1) is 13.0 Å². The fourth-order valence-electron chi connectivity index (χ4n) is 2.65. The number of carbonyl (C=O) groups is 4. The van der Waals surface area contributed by atoms with Crippen molar-refractivity contribution in [1.82, 2.24) is 10.9 Å². The highest BCUT2D eigenvalue weighted by atomic mass is 16.5. The van der Waals surface area contributed by atoms with E-state index in [0.717, 1.165) is 6.42 Å². The van der Waals surface area contributed by atoms with Crippen LogP contribution in [0.3, 0.4) is 0 Å². The van der Waals surface area contributed by atoms with Crippen LogP contribution in [0.15, 0.2) is 54.6 Å². The van der Waals surface area contributed by atoms with Gasteiger partial charge in [0.25, 0.3) is 5.91 Å². The van der Waals surface area contributed by atoms with Crippen molar-refractivity contribution in [2.75, 3.05) is 11.9 Å². The van der Waals surface area contributed by atoms with Gasteiger partial charge in [0.2, 0.25) is 11.8 Å². The summed E-state index contributed by atoms with van der Waals surface area (Å²) < 4.78 is 5.13. The number of esters is 1. The predicted molar refractivity (Wildman–Crippen MR) is 120 cm³/mol. The minimum absolute atomic E-state index is 0.0721. The summed E-state index contributed by atoms with van der Waals surface area (Å²) in [6.07, 6.45) is 1.35.